The number of hydrogen-bond acceptors (Lipinski definition) is 6. The highest BCUT2D eigenvalue weighted by Crippen LogP contribution is 2.28. The molecule has 1 fully saturated rings. The number of Topliss-reactive ketones (excluding diaryl/α,β-unsaturated/α-hetero) is 1. The number of carbonyl (C=O) groups excluding carboxylic acids is 3. The van der Waals surface area contributed by atoms with Crippen LogP contribution in [0.15, 0.2) is 60.7 Å². The SMILES string of the molecule is CC(=O)c1nn(CC(=O)N2CC(F)CC2C(=O)NC/C(F)=C(/C)c2cccc(Cl)c2)c2ccc(-c3cnc(C)nc3)cc12. The van der Waals surface area contributed by atoms with E-state index in [1.807, 2.05) is 0 Å². The maximum atomic E-state index is 14.9. The van der Waals surface area contributed by atoms with Gasteiger partial charge in [-0.1, -0.05) is 29.8 Å². The number of benzene rings is 2. The van der Waals surface area contributed by atoms with Crippen molar-refractivity contribution < 1.29 is 23.2 Å². The Morgan fingerprint density at radius 1 is 1.07 bits per heavy atom. The lowest BCUT2D eigenvalue weighted by Gasteiger charge is -2.23. The Hall–Kier alpha value is -4.51. The van der Waals surface area contributed by atoms with Gasteiger partial charge >= 0.3 is 0 Å². The van der Waals surface area contributed by atoms with Crippen molar-refractivity contribution in [2.75, 3.05) is 13.1 Å². The zero-order valence-corrected chi connectivity index (χ0v) is 24.5. The topological polar surface area (TPSA) is 110 Å². The van der Waals surface area contributed by atoms with Gasteiger partial charge in [-0.2, -0.15) is 5.10 Å². The monoisotopic (exact) mass is 606 g/mol. The number of rotatable bonds is 8. The number of fused-ring (bicyclic) bond motifs is 1. The van der Waals surface area contributed by atoms with Gasteiger partial charge in [-0.25, -0.2) is 18.7 Å². The number of carbonyl (C=O) groups is 3. The highest BCUT2D eigenvalue weighted by atomic mass is 35.5. The second-order valence-corrected chi connectivity index (χ2v) is 10.9. The third kappa shape index (κ3) is 6.46. The molecular weight excluding hydrogens is 578 g/mol. The number of nitrogens with zero attached hydrogens (tertiary/aromatic N) is 5. The summed E-state index contributed by atoms with van der Waals surface area (Å²) in [6.45, 7) is 3.69. The minimum absolute atomic E-state index is 0.175. The zero-order valence-electron chi connectivity index (χ0n) is 23.8. The Balaban J connectivity index is 1.33. The van der Waals surface area contributed by atoms with Crippen molar-refractivity contribution >= 4 is 45.7 Å². The van der Waals surface area contributed by atoms with Gasteiger partial charge in [0.05, 0.1) is 18.6 Å². The van der Waals surface area contributed by atoms with E-state index in [1.54, 1.807) is 68.7 Å². The normalized spacial score (nSPS) is 17.2. The van der Waals surface area contributed by atoms with E-state index in [2.05, 4.69) is 20.4 Å². The van der Waals surface area contributed by atoms with Gasteiger partial charge in [-0.05, 0) is 54.8 Å². The van der Waals surface area contributed by atoms with Gasteiger partial charge < -0.3 is 10.2 Å². The van der Waals surface area contributed by atoms with E-state index in [-0.39, 0.29) is 31.0 Å². The van der Waals surface area contributed by atoms with Gasteiger partial charge in [0.1, 0.15) is 36.1 Å². The third-order valence-electron chi connectivity index (χ3n) is 7.44. The second-order valence-electron chi connectivity index (χ2n) is 10.5. The fourth-order valence-corrected chi connectivity index (χ4v) is 5.29. The molecule has 43 heavy (non-hydrogen) atoms. The van der Waals surface area contributed by atoms with Crippen LogP contribution in [0.5, 0.6) is 0 Å². The maximum absolute atomic E-state index is 14.9. The summed E-state index contributed by atoms with van der Waals surface area (Å²) in [4.78, 5) is 48.4. The molecule has 0 saturated carbocycles. The summed E-state index contributed by atoms with van der Waals surface area (Å²) >= 11 is 6.00. The molecule has 0 aliphatic carbocycles. The van der Waals surface area contributed by atoms with Gasteiger partial charge in [0.25, 0.3) is 0 Å². The molecule has 222 valence electrons. The molecule has 0 bridgehead atoms. The summed E-state index contributed by atoms with van der Waals surface area (Å²) in [5.41, 5.74) is 3.08. The molecule has 2 amide bonds. The first-order valence-electron chi connectivity index (χ1n) is 13.6. The Morgan fingerprint density at radius 3 is 2.51 bits per heavy atom. The second kappa shape index (κ2) is 12.4. The smallest absolute Gasteiger partial charge is 0.245 e. The summed E-state index contributed by atoms with van der Waals surface area (Å²) in [5.74, 6) is -1.47. The maximum Gasteiger partial charge on any atom is 0.245 e. The third-order valence-corrected chi connectivity index (χ3v) is 7.67. The summed E-state index contributed by atoms with van der Waals surface area (Å²) in [5, 5.41) is 7.86. The molecule has 2 aromatic carbocycles. The van der Waals surface area contributed by atoms with E-state index < -0.39 is 36.4 Å². The number of halogens is 3. The predicted molar refractivity (Wildman–Crippen MR) is 159 cm³/mol. The summed E-state index contributed by atoms with van der Waals surface area (Å²) in [6.07, 6.45) is 1.72. The number of aryl methyl sites for hydroxylation is 1. The number of amides is 2. The van der Waals surface area contributed by atoms with Crippen molar-refractivity contribution in [2.45, 2.75) is 46.0 Å². The first-order valence-corrected chi connectivity index (χ1v) is 14.0. The van der Waals surface area contributed by atoms with Crippen LogP contribution in [0, 0.1) is 6.92 Å². The van der Waals surface area contributed by atoms with Crippen molar-refractivity contribution in [3.05, 3.63) is 82.8 Å². The molecule has 2 atom stereocenters. The molecule has 1 aliphatic rings. The van der Waals surface area contributed by atoms with Gasteiger partial charge in [0.2, 0.25) is 11.8 Å². The molecule has 12 heteroatoms. The quantitative estimate of drug-likeness (QED) is 0.279. The van der Waals surface area contributed by atoms with Crippen molar-refractivity contribution in [2.24, 2.45) is 0 Å². The van der Waals surface area contributed by atoms with Crippen molar-refractivity contribution in [3.63, 3.8) is 0 Å². The Labute approximate surface area is 251 Å². The van der Waals surface area contributed by atoms with Crippen LogP contribution in [0.4, 0.5) is 8.78 Å². The summed E-state index contributed by atoms with van der Waals surface area (Å²) in [6, 6.07) is 10.9. The molecule has 3 heterocycles. The number of aromatic nitrogens is 4. The van der Waals surface area contributed by atoms with Crippen molar-refractivity contribution in [1.29, 1.82) is 0 Å². The lowest BCUT2D eigenvalue weighted by Crippen LogP contribution is -2.47. The lowest BCUT2D eigenvalue weighted by atomic mass is 10.0. The van der Waals surface area contributed by atoms with E-state index >= 15 is 0 Å². The number of likely N-dealkylation sites (tertiary alicyclic amines) is 1. The Morgan fingerprint density at radius 2 is 1.81 bits per heavy atom. The van der Waals surface area contributed by atoms with Gasteiger partial charge in [0.15, 0.2) is 5.78 Å². The molecule has 5 rings (SSSR count). The van der Waals surface area contributed by atoms with Crippen LogP contribution in [0.3, 0.4) is 0 Å². The molecule has 9 nitrogen and oxygen atoms in total. The van der Waals surface area contributed by atoms with Crippen LogP contribution < -0.4 is 5.32 Å². The van der Waals surface area contributed by atoms with Gasteiger partial charge in [0, 0.05) is 41.7 Å². The van der Waals surface area contributed by atoms with Crippen LogP contribution in [0.2, 0.25) is 5.02 Å². The standard InChI is InChI=1S/C31H29ClF2N6O3/c1-17(20-5-4-6-23(32)9-20)26(34)14-37-31(43)28-11-24(33)15-39(28)29(42)16-40-27-8-7-21(22-12-35-19(3)36-13-22)10-25(27)30(38-40)18(2)41/h4-10,12-13,24,28H,11,14-16H2,1-3H3,(H,37,43)/b26-17+. The van der Waals surface area contributed by atoms with Crippen LogP contribution in [-0.4, -0.2) is 67.5 Å². The van der Waals surface area contributed by atoms with Gasteiger partial charge in [-0.3, -0.25) is 19.1 Å². The zero-order chi connectivity index (χ0) is 30.8. The summed E-state index contributed by atoms with van der Waals surface area (Å²) < 4.78 is 30.8. The van der Waals surface area contributed by atoms with E-state index in [1.165, 1.54) is 11.6 Å². The fourth-order valence-electron chi connectivity index (χ4n) is 5.10. The van der Waals surface area contributed by atoms with Crippen LogP contribution >= 0.6 is 11.6 Å². The highest BCUT2D eigenvalue weighted by Gasteiger charge is 2.40. The molecule has 1 N–H and O–H groups in total. The first kappa shape index (κ1) is 30.0. The molecule has 0 radical (unpaired) electrons. The minimum Gasteiger partial charge on any atom is -0.348 e. The molecule has 1 aliphatic heterocycles. The van der Waals surface area contributed by atoms with Crippen molar-refractivity contribution in [3.8, 4) is 11.1 Å². The fraction of sp³-hybridized carbons (Fsp3) is 0.290. The number of nitrogens with one attached hydrogen (secondary N) is 1. The van der Waals surface area contributed by atoms with Crippen LogP contribution in [0.1, 0.15) is 42.1 Å². The number of hydrogen-bond donors (Lipinski definition) is 1. The van der Waals surface area contributed by atoms with Gasteiger partial charge in [-0.15, -0.1) is 0 Å². The lowest BCUT2D eigenvalue weighted by molar-refractivity contribution is -0.139. The molecule has 1 saturated heterocycles. The predicted octanol–water partition coefficient (Wildman–Crippen LogP) is 5.11. The first-order chi connectivity index (χ1) is 20.5. The minimum atomic E-state index is -1.42. The van der Waals surface area contributed by atoms with E-state index in [0.29, 0.717) is 32.9 Å². The Kier molecular flexibility index (Phi) is 8.63. The summed E-state index contributed by atoms with van der Waals surface area (Å²) in [7, 11) is 0. The number of allylic oxidation sites excluding steroid dienone is 1. The average molecular weight is 607 g/mol. The average Bonchev–Trinajstić information content (AvgIpc) is 3.56. The largest absolute Gasteiger partial charge is 0.348 e. The molecule has 4 aromatic rings. The highest BCUT2D eigenvalue weighted by molar-refractivity contribution is 6.30. The van der Waals surface area contributed by atoms with E-state index in [4.69, 9.17) is 11.6 Å². The van der Waals surface area contributed by atoms with Crippen LogP contribution in [0.25, 0.3) is 27.6 Å². The molecule has 2 aromatic heterocycles. The van der Waals surface area contributed by atoms with Crippen LogP contribution in [-0.2, 0) is 16.1 Å². The van der Waals surface area contributed by atoms with E-state index in [0.717, 1.165) is 16.0 Å². The number of ketones is 1. The molecular formula is C31H29ClF2N6O3. The Bertz CT molecular complexity index is 1750. The number of alkyl halides is 1. The molecule has 0 spiro atoms. The van der Waals surface area contributed by atoms with Crippen molar-refractivity contribution in [1.82, 2.24) is 30.0 Å². The molecule has 2 unspecified atom stereocenters. The van der Waals surface area contributed by atoms with E-state index in [9.17, 15) is 23.2 Å².